The maximum Gasteiger partial charge on any atom is 0.253 e. The summed E-state index contributed by atoms with van der Waals surface area (Å²) in [5.74, 6) is -0.675. The molecule has 7 nitrogen and oxygen atoms in total. The van der Waals surface area contributed by atoms with E-state index in [1.165, 1.54) is 0 Å². The van der Waals surface area contributed by atoms with Gasteiger partial charge in [-0.2, -0.15) is 0 Å². The first kappa shape index (κ1) is 21.9. The summed E-state index contributed by atoms with van der Waals surface area (Å²) in [5.41, 5.74) is 1.66. The highest BCUT2D eigenvalue weighted by Crippen LogP contribution is 2.24. The second kappa shape index (κ2) is 10.3. The van der Waals surface area contributed by atoms with Crippen LogP contribution in [0.5, 0.6) is 0 Å². The van der Waals surface area contributed by atoms with Crippen LogP contribution in [0.2, 0.25) is 0 Å². The zero-order valence-electron chi connectivity index (χ0n) is 17.1. The Kier molecular flexibility index (Phi) is 7.48. The predicted octanol–water partition coefficient (Wildman–Crippen LogP) is 2.81. The molecule has 0 bridgehead atoms. The van der Waals surface area contributed by atoms with Crippen molar-refractivity contribution in [1.82, 2.24) is 10.2 Å². The summed E-state index contributed by atoms with van der Waals surface area (Å²) in [6.07, 6.45) is 3.94. The number of thioether (sulfide) groups is 1. The minimum absolute atomic E-state index is 0.0240. The van der Waals surface area contributed by atoms with Gasteiger partial charge in [0.15, 0.2) is 0 Å². The molecule has 30 heavy (non-hydrogen) atoms. The van der Waals surface area contributed by atoms with Crippen molar-refractivity contribution < 1.29 is 14.4 Å². The molecule has 2 aromatic rings. The molecule has 0 atom stereocenters. The molecule has 1 saturated carbocycles. The molecule has 0 saturated heterocycles. The highest BCUT2D eigenvalue weighted by Gasteiger charge is 2.25. The van der Waals surface area contributed by atoms with E-state index in [2.05, 4.69) is 16.0 Å². The first-order chi connectivity index (χ1) is 14.5. The molecule has 0 radical (unpaired) electrons. The van der Waals surface area contributed by atoms with Crippen LogP contribution >= 0.6 is 11.8 Å². The van der Waals surface area contributed by atoms with Crippen molar-refractivity contribution in [3.05, 3.63) is 54.1 Å². The van der Waals surface area contributed by atoms with E-state index in [1.807, 2.05) is 30.5 Å². The van der Waals surface area contributed by atoms with E-state index in [0.29, 0.717) is 11.3 Å². The van der Waals surface area contributed by atoms with Gasteiger partial charge in [0.1, 0.15) is 0 Å². The Morgan fingerprint density at radius 2 is 1.50 bits per heavy atom. The Bertz CT molecular complexity index is 930. The molecule has 3 N–H and O–H groups in total. The Labute approximate surface area is 180 Å². The molecule has 1 aliphatic carbocycles. The first-order valence-electron chi connectivity index (χ1n) is 9.77. The van der Waals surface area contributed by atoms with Gasteiger partial charge in [-0.1, -0.05) is 24.3 Å². The van der Waals surface area contributed by atoms with E-state index in [9.17, 15) is 14.4 Å². The van der Waals surface area contributed by atoms with Crippen molar-refractivity contribution in [3.63, 3.8) is 0 Å². The van der Waals surface area contributed by atoms with Crippen LogP contribution in [0.4, 0.5) is 11.4 Å². The van der Waals surface area contributed by atoms with Crippen molar-refractivity contribution in [2.75, 3.05) is 37.0 Å². The van der Waals surface area contributed by atoms with Gasteiger partial charge in [-0.3, -0.25) is 19.3 Å². The van der Waals surface area contributed by atoms with Crippen LogP contribution in [-0.4, -0.2) is 55.1 Å². The normalized spacial score (nSPS) is 13.0. The molecule has 3 rings (SSSR count). The molecule has 0 aromatic heterocycles. The van der Waals surface area contributed by atoms with Crippen LogP contribution in [0.3, 0.4) is 0 Å². The fraction of sp³-hybridized carbons (Fsp3) is 0.318. The lowest BCUT2D eigenvalue weighted by Gasteiger charge is -2.17. The number of hydrogen-bond donors (Lipinski definition) is 3. The quantitative estimate of drug-likeness (QED) is 0.537. The van der Waals surface area contributed by atoms with Gasteiger partial charge >= 0.3 is 0 Å². The van der Waals surface area contributed by atoms with Crippen molar-refractivity contribution in [2.45, 2.75) is 23.8 Å². The zero-order chi connectivity index (χ0) is 21.5. The van der Waals surface area contributed by atoms with E-state index in [1.54, 1.807) is 48.0 Å². The third-order valence-corrected chi connectivity index (χ3v) is 5.36. The number of nitrogens with zero attached hydrogens (tertiary/aromatic N) is 1. The number of anilines is 2. The van der Waals surface area contributed by atoms with Crippen molar-refractivity contribution >= 4 is 40.9 Å². The molecule has 1 fully saturated rings. The van der Waals surface area contributed by atoms with Gasteiger partial charge in [0.25, 0.3) is 5.91 Å². The Hall–Kier alpha value is -2.84. The largest absolute Gasteiger partial charge is 0.349 e. The van der Waals surface area contributed by atoms with Gasteiger partial charge in [-0.05, 0) is 50.4 Å². The summed E-state index contributed by atoms with van der Waals surface area (Å²) in [6, 6.07) is 14.7. The Morgan fingerprint density at radius 1 is 0.933 bits per heavy atom. The summed E-state index contributed by atoms with van der Waals surface area (Å²) < 4.78 is 0. The summed E-state index contributed by atoms with van der Waals surface area (Å²) in [4.78, 5) is 39.8. The maximum absolute atomic E-state index is 12.5. The fourth-order valence-electron chi connectivity index (χ4n) is 2.95. The lowest BCUT2D eigenvalue weighted by atomic mass is 10.1. The Balaban J connectivity index is 1.52. The number of amides is 3. The third-order valence-electron chi connectivity index (χ3n) is 4.57. The summed E-state index contributed by atoms with van der Waals surface area (Å²) >= 11 is 1.55. The minimum atomic E-state index is -0.290. The topological polar surface area (TPSA) is 90.5 Å². The second-order valence-electron chi connectivity index (χ2n) is 7.26. The number of likely N-dealkylation sites (N-methyl/N-ethyl adjacent to an activating group) is 1. The van der Waals surface area contributed by atoms with Gasteiger partial charge in [-0.25, -0.2) is 0 Å². The molecule has 2 aromatic carbocycles. The van der Waals surface area contributed by atoms with E-state index in [4.69, 9.17) is 0 Å². The number of carbonyl (C=O) groups is 3. The number of nitrogens with one attached hydrogen (secondary N) is 3. The molecule has 0 aliphatic heterocycles. The average molecular weight is 427 g/mol. The van der Waals surface area contributed by atoms with Crippen LogP contribution in [0.25, 0.3) is 0 Å². The van der Waals surface area contributed by atoms with Gasteiger partial charge in [0.05, 0.1) is 30.0 Å². The van der Waals surface area contributed by atoms with Crippen molar-refractivity contribution in [3.8, 4) is 0 Å². The Morgan fingerprint density at radius 3 is 2.13 bits per heavy atom. The number of benzene rings is 2. The van der Waals surface area contributed by atoms with Gasteiger partial charge in [0, 0.05) is 10.9 Å². The molecule has 158 valence electrons. The number of hydrogen-bond acceptors (Lipinski definition) is 5. The van der Waals surface area contributed by atoms with Crippen LogP contribution in [0.15, 0.2) is 53.4 Å². The first-order valence-corrected chi connectivity index (χ1v) is 11.0. The second-order valence-corrected chi connectivity index (χ2v) is 8.11. The van der Waals surface area contributed by atoms with Gasteiger partial charge in [0.2, 0.25) is 11.8 Å². The minimum Gasteiger partial charge on any atom is -0.349 e. The highest BCUT2D eigenvalue weighted by atomic mass is 32.2. The molecular weight excluding hydrogens is 400 g/mol. The molecule has 0 unspecified atom stereocenters. The van der Waals surface area contributed by atoms with E-state index < -0.39 is 0 Å². The van der Waals surface area contributed by atoms with Crippen LogP contribution < -0.4 is 16.0 Å². The monoisotopic (exact) mass is 426 g/mol. The highest BCUT2D eigenvalue weighted by molar-refractivity contribution is 7.98. The van der Waals surface area contributed by atoms with E-state index in [0.717, 1.165) is 23.4 Å². The van der Waals surface area contributed by atoms with Gasteiger partial charge in [-0.15, -0.1) is 11.8 Å². The molecular formula is C22H26N4O3S. The summed E-state index contributed by atoms with van der Waals surface area (Å²) in [6.45, 7) is 0.0934. The summed E-state index contributed by atoms with van der Waals surface area (Å²) in [5, 5.41) is 8.59. The number of para-hydroxylation sites is 2. The third kappa shape index (κ3) is 6.33. The SMILES string of the molecule is CSc1ccccc1NC(=O)CN(C)CC(=O)Nc1ccccc1C(=O)NC1CC1. The average Bonchev–Trinajstić information content (AvgIpc) is 3.52. The van der Waals surface area contributed by atoms with Crippen LogP contribution in [0, 0.1) is 0 Å². The van der Waals surface area contributed by atoms with Crippen LogP contribution in [-0.2, 0) is 9.59 Å². The predicted molar refractivity (Wildman–Crippen MR) is 120 cm³/mol. The zero-order valence-corrected chi connectivity index (χ0v) is 17.9. The standard InChI is InChI=1S/C22H26N4O3S/c1-26(14-21(28)25-18-9-5-6-10-19(18)30-2)13-20(27)24-17-8-4-3-7-16(17)22(29)23-15-11-12-15/h3-10,15H,11-14H2,1-2H3,(H,23,29)(H,24,27)(H,25,28). The molecule has 3 amide bonds. The lowest BCUT2D eigenvalue weighted by Crippen LogP contribution is -2.36. The number of rotatable bonds is 9. The van der Waals surface area contributed by atoms with E-state index >= 15 is 0 Å². The van der Waals surface area contributed by atoms with E-state index in [-0.39, 0.29) is 36.9 Å². The molecule has 0 heterocycles. The lowest BCUT2D eigenvalue weighted by molar-refractivity contribution is -0.119. The molecule has 0 spiro atoms. The van der Waals surface area contributed by atoms with Crippen LogP contribution in [0.1, 0.15) is 23.2 Å². The van der Waals surface area contributed by atoms with Crippen molar-refractivity contribution in [1.29, 1.82) is 0 Å². The number of carbonyl (C=O) groups excluding carboxylic acids is 3. The van der Waals surface area contributed by atoms with Gasteiger partial charge < -0.3 is 16.0 Å². The van der Waals surface area contributed by atoms with Crippen molar-refractivity contribution in [2.24, 2.45) is 0 Å². The fourth-order valence-corrected chi connectivity index (χ4v) is 3.51. The smallest absolute Gasteiger partial charge is 0.253 e. The molecule has 1 aliphatic rings. The maximum atomic E-state index is 12.5. The molecule has 8 heteroatoms. The summed E-state index contributed by atoms with van der Waals surface area (Å²) in [7, 11) is 1.70.